The number of amides is 1. The quantitative estimate of drug-likeness (QED) is 0.813. The van der Waals surface area contributed by atoms with Gasteiger partial charge in [0, 0.05) is 12.3 Å². The van der Waals surface area contributed by atoms with E-state index in [2.05, 4.69) is 10.3 Å². The molecule has 0 spiro atoms. The topological polar surface area (TPSA) is 51.2 Å². The molecule has 0 atom stereocenters. The number of hydrogen-bond acceptors (Lipinski definition) is 3. The molecule has 4 nitrogen and oxygen atoms in total. The Morgan fingerprint density at radius 1 is 1.11 bits per heavy atom. The molecule has 1 aromatic carbocycles. The Hall–Kier alpha value is -2.36. The van der Waals surface area contributed by atoms with Gasteiger partial charge in [0.25, 0.3) is 0 Å². The van der Waals surface area contributed by atoms with E-state index in [-0.39, 0.29) is 12.6 Å². The summed E-state index contributed by atoms with van der Waals surface area (Å²) in [6.07, 6.45) is 1.99. The maximum absolute atomic E-state index is 11.6. The lowest BCUT2D eigenvalue weighted by atomic mass is 10.1. The molecule has 0 saturated carbocycles. The number of nitrogens with zero attached hydrogens (tertiary/aromatic N) is 1. The third-order valence-electron chi connectivity index (χ3n) is 2.33. The van der Waals surface area contributed by atoms with Crippen molar-refractivity contribution in [1.82, 2.24) is 10.3 Å². The predicted molar refractivity (Wildman–Crippen MR) is 68.0 cm³/mol. The van der Waals surface area contributed by atoms with Crippen LogP contribution in [0.2, 0.25) is 0 Å². The molecule has 2 aromatic rings. The lowest BCUT2D eigenvalue weighted by molar-refractivity contribution is -0.121. The highest BCUT2D eigenvalue weighted by molar-refractivity contribution is 5.78. The van der Waals surface area contributed by atoms with Crippen LogP contribution < -0.4 is 10.1 Å². The average Bonchev–Trinajstić information content (AvgIpc) is 2.41. The minimum absolute atomic E-state index is 0.0721. The van der Waals surface area contributed by atoms with Crippen molar-refractivity contribution in [2.24, 2.45) is 0 Å². The number of benzene rings is 1. The zero-order valence-electron chi connectivity index (χ0n) is 9.87. The number of hydrogen-bond donors (Lipinski definition) is 1. The molecule has 2 rings (SSSR count). The van der Waals surface area contributed by atoms with Crippen LogP contribution in [0.5, 0.6) is 5.88 Å². The number of nitrogens with one attached hydrogen (secondary N) is 1. The summed E-state index contributed by atoms with van der Waals surface area (Å²) in [5.74, 6) is 0.426. The van der Waals surface area contributed by atoms with E-state index >= 15 is 0 Å². The molecule has 1 heterocycles. The number of carbonyl (C=O) groups excluding carboxylic acids is 1. The fourth-order valence-corrected chi connectivity index (χ4v) is 1.47. The Morgan fingerprint density at radius 2 is 1.89 bits per heavy atom. The SMILES string of the molecule is O=C(Cc1ccccc1)NCOc1ccccn1. The van der Waals surface area contributed by atoms with Crippen LogP contribution in [0.1, 0.15) is 5.56 Å². The van der Waals surface area contributed by atoms with Crippen LogP contribution in [-0.2, 0) is 11.2 Å². The second-order valence-corrected chi connectivity index (χ2v) is 3.72. The van der Waals surface area contributed by atoms with E-state index in [1.54, 1.807) is 18.3 Å². The number of pyridine rings is 1. The van der Waals surface area contributed by atoms with Crippen LogP contribution in [0.4, 0.5) is 0 Å². The fraction of sp³-hybridized carbons (Fsp3) is 0.143. The second kappa shape index (κ2) is 6.39. The Kier molecular flexibility index (Phi) is 4.30. The van der Waals surface area contributed by atoms with Crippen molar-refractivity contribution < 1.29 is 9.53 Å². The molecule has 1 N–H and O–H groups in total. The van der Waals surface area contributed by atoms with Crippen LogP contribution >= 0.6 is 0 Å². The van der Waals surface area contributed by atoms with Crippen LogP contribution in [0.15, 0.2) is 54.7 Å². The summed E-state index contributed by atoms with van der Waals surface area (Å²) in [6.45, 7) is 0.128. The molecule has 0 radical (unpaired) electrons. The molecule has 0 saturated heterocycles. The first-order valence-corrected chi connectivity index (χ1v) is 5.69. The van der Waals surface area contributed by atoms with E-state index in [4.69, 9.17) is 4.74 Å². The molecule has 0 aliphatic carbocycles. The van der Waals surface area contributed by atoms with Gasteiger partial charge in [0.15, 0.2) is 6.73 Å². The molecular formula is C14H14N2O2. The lowest BCUT2D eigenvalue weighted by Crippen LogP contribution is -2.29. The average molecular weight is 242 g/mol. The highest BCUT2D eigenvalue weighted by Crippen LogP contribution is 2.02. The molecule has 0 unspecified atom stereocenters. The van der Waals surface area contributed by atoms with Gasteiger partial charge in [0.05, 0.1) is 6.42 Å². The van der Waals surface area contributed by atoms with Crippen molar-refractivity contribution >= 4 is 5.91 Å². The van der Waals surface area contributed by atoms with Crippen LogP contribution in [0.25, 0.3) is 0 Å². The maximum Gasteiger partial charge on any atom is 0.226 e. The minimum atomic E-state index is -0.0721. The normalized spacial score (nSPS) is 9.78. The summed E-state index contributed by atoms with van der Waals surface area (Å²) in [4.78, 5) is 15.6. The number of ether oxygens (including phenoxy) is 1. The first kappa shape index (κ1) is 12.1. The largest absolute Gasteiger partial charge is 0.456 e. The summed E-state index contributed by atoms with van der Waals surface area (Å²) in [5.41, 5.74) is 0.979. The zero-order chi connectivity index (χ0) is 12.6. The summed E-state index contributed by atoms with van der Waals surface area (Å²) >= 11 is 0. The lowest BCUT2D eigenvalue weighted by Gasteiger charge is -2.06. The highest BCUT2D eigenvalue weighted by atomic mass is 16.5. The van der Waals surface area contributed by atoms with E-state index in [0.717, 1.165) is 5.56 Å². The Morgan fingerprint density at radius 3 is 2.61 bits per heavy atom. The Bertz CT molecular complexity index is 486. The van der Waals surface area contributed by atoms with E-state index < -0.39 is 0 Å². The van der Waals surface area contributed by atoms with Gasteiger partial charge in [-0.1, -0.05) is 36.4 Å². The molecular weight excluding hydrogens is 228 g/mol. The molecule has 0 aliphatic heterocycles. The summed E-state index contributed by atoms with van der Waals surface area (Å²) in [7, 11) is 0. The highest BCUT2D eigenvalue weighted by Gasteiger charge is 2.02. The summed E-state index contributed by atoms with van der Waals surface area (Å²) in [5, 5.41) is 2.68. The molecule has 1 aromatic heterocycles. The van der Waals surface area contributed by atoms with Crippen LogP contribution in [-0.4, -0.2) is 17.6 Å². The Balaban J connectivity index is 1.73. The van der Waals surface area contributed by atoms with Gasteiger partial charge < -0.3 is 10.1 Å². The standard InChI is InChI=1S/C14H14N2O2/c17-13(10-12-6-2-1-3-7-12)16-11-18-14-8-4-5-9-15-14/h1-9H,10-11H2,(H,16,17). The van der Waals surface area contributed by atoms with Crippen molar-refractivity contribution in [3.05, 3.63) is 60.3 Å². The van der Waals surface area contributed by atoms with E-state index in [0.29, 0.717) is 12.3 Å². The predicted octanol–water partition coefficient (Wildman–Crippen LogP) is 1.78. The van der Waals surface area contributed by atoms with Gasteiger partial charge in [-0.15, -0.1) is 0 Å². The Labute approximate surface area is 106 Å². The van der Waals surface area contributed by atoms with Crippen molar-refractivity contribution in [2.75, 3.05) is 6.73 Å². The van der Waals surface area contributed by atoms with E-state index in [9.17, 15) is 4.79 Å². The molecule has 1 amide bonds. The zero-order valence-corrected chi connectivity index (χ0v) is 9.87. The summed E-state index contributed by atoms with van der Waals surface area (Å²) in [6, 6.07) is 14.9. The smallest absolute Gasteiger partial charge is 0.226 e. The van der Waals surface area contributed by atoms with E-state index in [1.165, 1.54) is 0 Å². The van der Waals surface area contributed by atoms with Gasteiger partial charge in [-0.25, -0.2) is 4.98 Å². The molecule has 0 aliphatic rings. The van der Waals surface area contributed by atoms with Crippen LogP contribution in [0.3, 0.4) is 0 Å². The summed E-state index contributed by atoms with van der Waals surface area (Å²) < 4.78 is 5.27. The van der Waals surface area contributed by atoms with Crippen LogP contribution in [0, 0.1) is 0 Å². The number of aromatic nitrogens is 1. The first-order chi connectivity index (χ1) is 8.84. The van der Waals surface area contributed by atoms with Gasteiger partial charge in [0.2, 0.25) is 11.8 Å². The first-order valence-electron chi connectivity index (χ1n) is 5.69. The van der Waals surface area contributed by atoms with Gasteiger partial charge in [-0.2, -0.15) is 0 Å². The number of rotatable bonds is 5. The van der Waals surface area contributed by atoms with Gasteiger partial charge in [0.1, 0.15) is 0 Å². The van der Waals surface area contributed by atoms with Crippen molar-refractivity contribution in [3.63, 3.8) is 0 Å². The van der Waals surface area contributed by atoms with Crippen molar-refractivity contribution in [3.8, 4) is 5.88 Å². The molecule has 4 heteroatoms. The molecule has 0 bridgehead atoms. The molecule has 0 fully saturated rings. The van der Waals surface area contributed by atoms with Gasteiger partial charge in [-0.3, -0.25) is 4.79 Å². The second-order valence-electron chi connectivity index (χ2n) is 3.72. The fourth-order valence-electron chi connectivity index (χ4n) is 1.47. The minimum Gasteiger partial charge on any atom is -0.456 e. The maximum atomic E-state index is 11.6. The third-order valence-corrected chi connectivity index (χ3v) is 2.33. The van der Waals surface area contributed by atoms with Crippen molar-refractivity contribution in [1.29, 1.82) is 0 Å². The van der Waals surface area contributed by atoms with Gasteiger partial charge in [-0.05, 0) is 11.6 Å². The third kappa shape index (κ3) is 3.90. The molecule has 18 heavy (non-hydrogen) atoms. The monoisotopic (exact) mass is 242 g/mol. The van der Waals surface area contributed by atoms with E-state index in [1.807, 2.05) is 36.4 Å². The van der Waals surface area contributed by atoms with Gasteiger partial charge >= 0.3 is 0 Å². The molecule has 92 valence electrons. The van der Waals surface area contributed by atoms with Crippen molar-refractivity contribution in [2.45, 2.75) is 6.42 Å². The number of carbonyl (C=O) groups is 1.